The molecule has 6 unspecified atom stereocenters. The van der Waals surface area contributed by atoms with Gasteiger partial charge in [0.05, 0.1) is 46.6 Å². The Morgan fingerprint density at radius 1 is 0.758 bits per heavy atom. The zero-order valence-corrected chi connectivity index (χ0v) is 21.6. The molecule has 0 heterocycles. The van der Waals surface area contributed by atoms with Gasteiger partial charge in [-0.05, 0) is 0 Å². The number of aliphatic hydroxyl groups excluding tert-OH is 2. The lowest BCUT2D eigenvalue weighted by molar-refractivity contribution is -0.876. The van der Waals surface area contributed by atoms with E-state index in [2.05, 4.69) is 32.9 Å². The summed E-state index contributed by atoms with van der Waals surface area (Å²) in [7, 11) is 12.4. The highest BCUT2D eigenvalue weighted by molar-refractivity contribution is 5.12. The molecule has 0 amide bonds. The maximum atomic E-state index is 9.47. The molecule has 6 atom stereocenters. The van der Waals surface area contributed by atoms with E-state index in [4.69, 9.17) is 45.0 Å². The summed E-state index contributed by atoms with van der Waals surface area (Å²) in [6.07, 6.45) is -1.67. The Bertz CT molecular complexity index is 448. The molecule has 0 rings (SSSR count). The van der Waals surface area contributed by atoms with Gasteiger partial charge in [-0.15, -0.1) is 0 Å². The smallest absolute Gasteiger partial charge is 0.207 e. The lowest BCUT2D eigenvalue weighted by Gasteiger charge is -2.32. The van der Waals surface area contributed by atoms with Gasteiger partial charge in [-0.25, -0.2) is 0 Å². The maximum absolute atomic E-state index is 9.47. The van der Waals surface area contributed by atoms with Gasteiger partial charge >= 0.3 is 0 Å². The molecule has 12 nitrogen and oxygen atoms in total. The topological polar surface area (TPSA) is 162 Å². The number of nitrogens with two attached hydrogens (primary N) is 2. The first-order chi connectivity index (χ1) is 15.6. The SMILES string of the molecule is C=[NH+]CCC(OC)C(CO)OC(C[N+](C)(C)C)OC.COC(CN)OC(CO)C(CN)OC. The molecule has 0 aliphatic carbocycles. The van der Waals surface area contributed by atoms with Crippen LogP contribution < -0.4 is 16.5 Å². The Kier molecular flexibility index (Phi) is 21.5. The zero-order chi connectivity index (χ0) is 25.9. The molecule has 0 aliphatic rings. The number of methoxy groups -OCH3 is 4. The molecule has 200 valence electrons. The molecule has 0 radical (unpaired) electrons. The molecule has 0 aliphatic heterocycles. The van der Waals surface area contributed by atoms with Crippen LogP contribution in [0.15, 0.2) is 0 Å². The van der Waals surface area contributed by atoms with E-state index in [1.807, 2.05) is 0 Å². The Hall–Kier alpha value is -0.770. The van der Waals surface area contributed by atoms with Crippen LogP contribution in [0.3, 0.4) is 0 Å². The van der Waals surface area contributed by atoms with E-state index in [1.54, 1.807) is 14.2 Å². The quantitative estimate of drug-likeness (QED) is 0.0703. The Morgan fingerprint density at radius 3 is 1.58 bits per heavy atom. The molecule has 0 spiro atoms. The molecule has 0 aromatic carbocycles. The highest BCUT2D eigenvalue weighted by Crippen LogP contribution is 2.12. The van der Waals surface area contributed by atoms with Crippen LogP contribution in [-0.2, 0) is 28.4 Å². The predicted molar refractivity (Wildman–Crippen MR) is 126 cm³/mol. The summed E-state index contributed by atoms with van der Waals surface area (Å²) in [4.78, 5) is 2.82. The molecule has 0 fully saturated rings. The van der Waals surface area contributed by atoms with Gasteiger partial charge in [0, 0.05) is 47.9 Å². The number of hydrogen-bond acceptors (Lipinski definition) is 10. The average molecular weight is 487 g/mol. The lowest BCUT2D eigenvalue weighted by atomic mass is 10.1. The third-order valence-electron chi connectivity index (χ3n) is 4.70. The first-order valence-electron chi connectivity index (χ1n) is 10.9. The lowest BCUT2D eigenvalue weighted by Crippen LogP contribution is -2.67. The fourth-order valence-electron chi connectivity index (χ4n) is 2.81. The molecular formula is C21H50N4O8+2. The summed E-state index contributed by atoms with van der Waals surface area (Å²) in [6, 6.07) is 0. The van der Waals surface area contributed by atoms with E-state index < -0.39 is 18.5 Å². The van der Waals surface area contributed by atoms with Gasteiger partial charge in [0.2, 0.25) is 6.29 Å². The average Bonchev–Trinajstić information content (AvgIpc) is 2.80. The third-order valence-corrected chi connectivity index (χ3v) is 4.70. The van der Waals surface area contributed by atoms with Gasteiger partial charge in [0.25, 0.3) is 0 Å². The van der Waals surface area contributed by atoms with E-state index >= 15 is 0 Å². The van der Waals surface area contributed by atoms with Crippen LogP contribution in [0.25, 0.3) is 0 Å². The molecule has 33 heavy (non-hydrogen) atoms. The van der Waals surface area contributed by atoms with E-state index in [0.717, 1.165) is 4.48 Å². The number of hydrogen-bond donors (Lipinski definition) is 5. The van der Waals surface area contributed by atoms with Crippen molar-refractivity contribution in [2.24, 2.45) is 11.5 Å². The number of aliphatic hydroxyl groups is 2. The van der Waals surface area contributed by atoms with Gasteiger partial charge < -0.3 is 54.6 Å². The van der Waals surface area contributed by atoms with Gasteiger partial charge in [-0.2, -0.15) is 0 Å². The number of nitrogens with one attached hydrogen (secondary N) is 1. The molecular weight excluding hydrogens is 436 g/mol. The fourth-order valence-corrected chi connectivity index (χ4v) is 2.81. The first-order valence-corrected chi connectivity index (χ1v) is 10.9. The molecule has 0 saturated carbocycles. The molecule has 0 bridgehead atoms. The first kappa shape index (κ1) is 34.4. The standard InChI is InChI=1S/C13H29N2O4.C8H20N2O4/c1-14-8-7-11(17-5)12(10-16)19-13(18-6)9-15(2,3)4;1-12-6(3-9)7(5-11)14-8(4-10)13-2/h11-13,16H,1,7-10H2,2-6H3;6-8,11H,3-5,9-10H2,1-2H3/q+1;/p+1. The number of nitrogens with zero attached hydrogens (tertiary/aromatic N) is 1. The normalized spacial score (nSPS) is 17.3. The number of rotatable bonds is 19. The maximum Gasteiger partial charge on any atom is 0.207 e. The van der Waals surface area contributed by atoms with Crippen molar-refractivity contribution in [3.05, 3.63) is 0 Å². The zero-order valence-electron chi connectivity index (χ0n) is 21.6. The Labute approximate surface area is 199 Å². The van der Waals surface area contributed by atoms with Crippen molar-refractivity contribution in [2.75, 3.05) is 89.0 Å². The summed E-state index contributed by atoms with van der Waals surface area (Å²) < 4.78 is 32.5. The molecule has 0 aromatic heterocycles. The van der Waals surface area contributed by atoms with Crippen molar-refractivity contribution in [3.63, 3.8) is 0 Å². The fraction of sp³-hybridized carbons (Fsp3) is 0.952. The van der Waals surface area contributed by atoms with Crippen molar-refractivity contribution in [1.82, 2.24) is 0 Å². The van der Waals surface area contributed by atoms with Crippen LogP contribution in [0.2, 0.25) is 0 Å². The number of quaternary nitrogens is 1. The van der Waals surface area contributed by atoms with Crippen molar-refractivity contribution in [2.45, 2.75) is 43.4 Å². The van der Waals surface area contributed by atoms with E-state index in [0.29, 0.717) is 19.5 Å². The second kappa shape index (κ2) is 20.6. The van der Waals surface area contributed by atoms with Crippen LogP contribution in [0.1, 0.15) is 6.42 Å². The molecule has 0 saturated heterocycles. The molecule has 0 aromatic rings. The van der Waals surface area contributed by atoms with Gasteiger partial charge in [-0.1, -0.05) is 0 Å². The second-order valence-electron chi connectivity index (χ2n) is 8.33. The van der Waals surface area contributed by atoms with Gasteiger partial charge in [-0.3, -0.25) is 4.99 Å². The molecule has 12 heteroatoms. The van der Waals surface area contributed by atoms with E-state index in [1.165, 1.54) is 14.2 Å². The minimum absolute atomic E-state index is 0.105. The van der Waals surface area contributed by atoms with Crippen LogP contribution in [0, 0.1) is 0 Å². The van der Waals surface area contributed by atoms with Crippen molar-refractivity contribution < 1.29 is 48.1 Å². The van der Waals surface area contributed by atoms with Crippen molar-refractivity contribution >= 4 is 6.72 Å². The highest BCUT2D eigenvalue weighted by atomic mass is 16.7. The monoisotopic (exact) mass is 486 g/mol. The van der Waals surface area contributed by atoms with Crippen LogP contribution in [-0.4, -0.2) is 147 Å². The summed E-state index contributed by atoms with van der Waals surface area (Å²) >= 11 is 0. The van der Waals surface area contributed by atoms with Crippen LogP contribution in [0.4, 0.5) is 0 Å². The van der Waals surface area contributed by atoms with Crippen LogP contribution >= 0.6 is 0 Å². The van der Waals surface area contributed by atoms with Crippen molar-refractivity contribution in [3.8, 4) is 0 Å². The highest BCUT2D eigenvalue weighted by Gasteiger charge is 2.28. The Morgan fingerprint density at radius 2 is 1.24 bits per heavy atom. The number of likely N-dealkylation sites (N-methyl/N-ethyl adjacent to an activating group) is 1. The largest absolute Gasteiger partial charge is 0.394 e. The van der Waals surface area contributed by atoms with Gasteiger partial charge in [0.1, 0.15) is 32.0 Å². The summed E-state index contributed by atoms with van der Waals surface area (Å²) in [5, 5.41) is 18.5. The summed E-state index contributed by atoms with van der Waals surface area (Å²) in [5.74, 6) is 0. The minimum atomic E-state index is -0.545. The third kappa shape index (κ3) is 16.5. The Balaban J connectivity index is 0. The van der Waals surface area contributed by atoms with Crippen molar-refractivity contribution in [1.29, 1.82) is 0 Å². The second-order valence-corrected chi connectivity index (χ2v) is 8.33. The molecule has 7 N–H and O–H groups in total. The van der Waals surface area contributed by atoms with Crippen LogP contribution in [0.5, 0.6) is 0 Å². The number of ether oxygens (including phenoxy) is 6. The summed E-state index contributed by atoms with van der Waals surface area (Å²) in [5.41, 5.74) is 10.8. The van der Waals surface area contributed by atoms with Gasteiger partial charge in [0.15, 0.2) is 6.29 Å². The predicted octanol–water partition coefficient (Wildman–Crippen LogP) is -3.50. The van der Waals surface area contributed by atoms with E-state index in [-0.39, 0.29) is 44.8 Å². The summed E-state index contributed by atoms with van der Waals surface area (Å²) in [6.45, 7) is 5.15. The minimum Gasteiger partial charge on any atom is -0.394 e. The van der Waals surface area contributed by atoms with E-state index in [9.17, 15) is 5.11 Å².